The second kappa shape index (κ2) is 6.90. The number of hydrogen-bond donors (Lipinski definition) is 0. The maximum atomic E-state index is 12.0. The van der Waals surface area contributed by atoms with E-state index < -0.39 is 9.76 Å². The summed E-state index contributed by atoms with van der Waals surface area (Å²) in [6.07, 6.45) is 0. The van der Waals surface area contributed by atoms with Crippen molar-refractivity contribution in [1.82, 2.24) is 0 Å². The van der Waals surface area contributed by atoms with E-state index in [1.54, 1.807) is 11.3 Å². The minimum absolute atomic E-state index is 0.132. The lowest BCUT2D eigenvalue weighted by molar-refractivity contribution is -0.130. The zero-order valence-electron chi connectivity index (χ0n) is 11.8. The van der Waals surface area contributed by atoms with Crippen molar-refractivity contribution in [3.63, 3.8) is 0 Å². The van der Waals surface area contributed by atoms with Gasteiger partial charge in [0.1, 0.15) is 0 Å². The second-order valence-electron chi connectivity index (χ2n) is 5.05. The van der Waals surface area contributed by atoms with Gasteiger partial charge in [-0.15, -0.1) is 0 Å². The van der Waals surface area contributed by atoms with E-state index in [0.29, 0.717) is 11.8 Å². The van der Waals surface area contributed by atoms with E-state index in [2.05, 4.69) is 27.7 Å². The van der Waals surface area contributed by atoms with E-state index >= 15 is 0 Å². The summed E-state index contributed by atoms with van der Waals surface area (Å²) in [7, 11) is -0.906. The van der Waals surface area contributed by atoms with Gasteiger partial charge in [0, 0.05) is 10.1 Å². The normalized spacial score (nSPS) is 11.5. The number of carbonyl (C=O) groups excluding carboxylic acids is 1. The summed E-state index contributed by atoms with van der Waals surface area (Å²) in [6.45, 7) is 10.4. The van der Waals surface area contributed by atoms with Crippen LogP contribution in [-0.4, -0.2) is 15.7 Å². The third-order valence-electron chi connectivity index (χ3n) is 2.91. The Labute approximate surface area is 116 Å². The molecule has 0 bridgehead atoms. The van der Waals surface area contributed by atoms with Crippen LogP contribution >= 0.6 is 11.3 Å². The molecule has 1 aromatic rings. The second-order valence-corrected chi connectivity index (χ2v) is 7.93. The quantitative estimate of drug-likeness (QED) is 0.613. The first-order valence-electron chi connectivity index (χ1n) is 6.33. The van der Waals surface area contributed by atoms with Gasteiger partial charge in [0.15, 0.2) is 0 Å². The van der Waals surface area contributed by atoms with Crippen LogP contribution in [-0.2, 0) is 9.22 Å². The third-order valence-corrected chi connectivity index (χ3v) is 5.42. The maximum Gasteiger partial charge on any atom is 0.320 e. The topological polar surface area (TPSA) is 26.3 Å². The van der Waals surface area contributed by atoms with Crippen molar-refractivity contribution in [1.29, 1.82) is 0 Å². The van der Waals surface area contributed by atoms with Crippen LogP contribution in [0.2, 0.25) is 0 Å². The number of carbonyl (C=O) groups is 1. The highest BCUT2D eigenvalue weighted by molar-refractivity contribution is 7.19. The van der Waals surface area contributed by atoms with Crippen molar-refractivity contribution in [3.05, 3.63) is 28.7 Å². The van der Waals surface area contributed by atoms with Crippen LogP contribution in [0.25, 0.3) is 0 Å². The van der Waals surface area contributed by atoms with Crippen LogP contribution in [0.1, 0.15) is 34.6 Å². The van der Waals surface area contributed by atoms with Crippen LogP contribution in [0, 0.1) is 11.8 Å². The summed E-state index contributed by atoms with van der Waals surface area (Å²) in [6, 6.07) is 4.03. The van der Waals surface area contributed by atoms with Crippen LogP contribution in [0.15, 0.2) is 28.7 Å². The standard InChI is InChI=1S/C14H22O2SSi/c1-9(2)13(10(3)4)11(5)14(15)16-18-12-7-6-8-17-12/h6-10H,18H2,1-5H3. The zero-order valence-corrected chi connectivity index (χ0v) is 14.0. The van der Waals surface area contributed by atoms with Crippen LogP contribution in [0.4, 0.5) is 0 Å². The van der Waals surface area contributed by atoms with Gasteiger partial charge in [-0.1, -0.05) is 39.3 Å². The highest BCUT2D eigenvalue weighted by atomic mass is 32.1. The Kier molecular flexibility index (Phi) is 5.82. The predicted octanol–water partition coefficient (Wildman–Crippen LogP) is 2.63. The Balaban J connectivity index is 2.72. The molecule has 1 aromatic heterocycles. The average molecular weight is 282 g/mol. The van der Waals surface area contributed by atoms with E-state index in [1.165, 1.54) is 10.1 Å². The van der Waals surface area contributed by atoms with Gasteiger partial charge in [-0.25, -0.2) is 4.79 Å². The van der Waals surface area contributed by atoms with Crippen LogP contribution in [0.3, 0.4) is 0 Å². The Morgan fingerprint density at radius 1 is 1.28 bits per heavy atom. The SMILES string of the molecule is CC(C(=O)O[SiH2]c1cccs1)=C(C(C)C)C(C)C. The fourth-order valence-electron chi connectivity index (χ4n) is 2.29. The first kappa shape index (κ1) is 15.2. The monoisotopic (exact) mass is 282 g/mol. The molecule has 0 saturated carbocycles. The molecule has 0 aliphatic carbocycles. The molecule has 0 N–H and O–H groups in total. The van der Waals surface area contributed by atoms with Gasteiger partial charge in [-0.05, 0) is 30.2 Å². The van der Waals surface area contributed by atoms with E-state index in [0.717, 1.165) is 5.57 Å². The molecule has 100 valence electrons. The molecule has 0 unspecified atom stereocenters. The summed E-state index contributed by atoms with van der Waals surface area (Å²) >= 11 is 1.67. The number of allylic oxidation sites excluding steroid dienone is 1. The first-order valence-corrected chi connectivity index (χ1v) is 8.50. The molecular formula is C14H22O2SSi. The highest BCUT2D eigenvalue weighted by Crippen LogP contribution is 2.23. The summed E-state index contributed by atoms with van der Waals surface area (Å²) in [5.74, 6) is 0.648. The van der Waals surface area contributed by atoms with Crippen molar-refractivity contribution < 1.29 is 9.22 Å². The number of rotatable bonds is 5. The van der Waals surface area contributed by atoms with Crippen molar-refractivity contribution in [3.8, 4) is 0 Å². The molecule has 0 aromatic carbocycles. The molecule has 0 atom stereocenters. The average Bonchev–Trinajstić information content (AvgIpc) is 2.77. The molecule has 2 nitrogen and oxygen atoms in total. The van der Waals surface area contributed by atoms with E-state index in [-0.39, 0.29) is 5.97 Å². The van der Waals surface area contributed by atoms with Crippen LogP contribution in [0.5, 0.6) is 0 Å². The Hall–Kier alpha value is -0.873. The van der Waals surface area contributed by atoms with Gasteiger partial charge in [0.05, 0.1) is 0 Å². The minimum Gasteiger partial charge on any atom is -0.516 e. The molecule has 1 heterocycles. The lowest BCUT2D eigenvalue weighted by atomic mass is 9.88. The molecule has 0 radical (unpaired) electrons. The van der Waals surface area contributed by atoms with Crippen LogP contribution < -0.4 is 4.50 Å². The molecule has 0 saturated heterocycles. The third kappa shape index (κ3) is 4.10. The van der Waals surface area contributed by atoms with Crippen molar-refractivity contribution in [2.24, 2.45) is 11.8 Å². The molecule has 0 fully saturated rings. The number of hydrogen-bond acceptors (Lipinski definition) is 3. The summed E-state index contributed by atoms with van der Waals surface area (Å²) in [5.41, 5.74) is 2.00. The lowest BCUT2D eigenvalue weighted by Crippen LogP contribution is -2.21. The van der Waals surface area contributed by atoms with Gasteiger partial charge in [-0.3, -0.25) is 0 Å². The Morgan fingerprint density at radius 3 is 2.33 bits per heavy atom. The van der Waals surface area contributed by atoms with Gasteiger partial charge in [0.25, 0.3) is 9.76 Å². The molecule has 1 rings (SSSR count). The minimum atomic E-state index is -0.906. The molecule has 0 spiro atoms. The number of thiophene rings is 1. The Morgan fingerprint density at radius 2 is 1.89 bits per heavy atom. The summed E-state index contributed by atoms with van der Waals surface area (Å²) < 4.78 is 6.70. The fourth-order valence-corrected chi connectivity index (χ4v) is 4.24. The highest BCUT2D eigenvalue weighted by Gasteiger charge is 2.17. The molecular weight excluding hydrogens is 260 g/mol. The summed E-state index contributed by atoms with van der Waals surface area (Å²) in [4.78, 5) is 12.0. The molecule has 0 aliphatic heterocycles. The van der Waals surface area contributed by atoms with Gasteiger partial charge in [0.2, 0.25) is 0 Å². The smallest absolute Gasteiger partial charge is 0.320 e. The van der Waals surface area contributed by atoms with Gasteiger partial charge in [-0.2, -0.15) is 11.3 Å². The fraction of sp³-hybridized carbons (Fsp3) is 0.500. The molecule has 0 aliphatic rings. The predicted molar refractivity (Wildman–Crippen MR) is 81.0 cm³/mol. The largest absolute Gasteiger partial charge is 0.516 e. The molecule has 0 amide bonds. The Bertz CT molecular complexity index is 409. The maximum absolute atomic E-state index is 12.0. The molecule has 18 heavy (non-hydrogen) atoms. The molecule has 4 heteroatoms. The summed E-state index contributed by atoms with van der Waals surface area (Å²) in [5, 5.41) is 2.02. The van der Waals surface area contributed by atoms with Crippen molar-refractivity contribution in [2.75, 3.05) is 0 Å². The van der Waals surface area contributed by atoms with Gasteiger partial charge < -0.3 is 4.43 Å². The van der Waals surface area contributed by atoms with E-state index in [9.17, 15) is 4.79 Å². The van der Waals surface area contributed by atoms with Gasteiger partial charge >= 0.3 is 5.97 Å². The van der Waals surface area contributed by atoms with E-state index in [4.69, 9.17) is 4.43 Å². The zero-order chi connectivity index (χ0) is 13.7. The first-order chi connectivity index (χ1) is 8.43. The van der Waals surface area contributed by atoms with E-state index in [1.807, 2.05) is 24.4 Å². The lowest BCUT2D eigenvalue weighted by Gasteiger charge is -2.19. The van der Waals surface area contributed by atoms with Crippen molar-refractivity contribution in [2.45, 2.75) is 34.6 Å². The van der Waals surface area contributed by atoms with Crippen molar-refractivity contribution >= 4 is 31.6 Å².